The topological polar surface area (TPSA) is 66.6 Å². The smallest absolute Gasteiger partial charge is 0.242 e. The molecule has 0 atom stereocenters. The second-order valence-corrected chi connectivity index (χ2v) is 7.22. The van der Waals surface area contributed by atoms with E-state index in [0.717, 1.165) is 32.1 Å². The Balaban J connectivity index is 1.64. The molecule has 25 heavy (non-hydrogen) atoms. The molecule has 0 radical (unpaired) electrons. The van der Waals surface area contributed by atoms with Gasteiger partial charge in [-0.25, -0.2) is 4.39 Å². The standard InChI is InChI=1S/C19H26FN3O2/c1-14(24)15-5-6-17(16(20)13-15)22-9-11-23(12-10-22)18(25)19(21)7-3-2-4-8-19/h5-6,13H,2-4,7-12,21H2,1H3. The third kappa shape index (κ3) is 3.68. The third-order valence-electron chi connectivity index (χ3n) is 5.43. The summed E-state index contributed by atoms with van der Waals surface area (Å²) in [6, 6.07) is 4.58. The van der Waals surface area contributed by atoms with Crippen molar-refractivity contribution in [3.05, 3.63) is 29.6 Å². The molecule has 136 valence electrons. The molecule has 0 unspecified atom stereocenters. The Kier molecular flexibility index (Phi) is 5.08. The predicted molar refractivity (Wildman–Crippen MR) is 95.2 cm³/mol. The first kappa shape index (κ1) is 17.9. The summed E-state index contributed by atoms with van der Waals surface area (Å²) in [5.41, 5.74) is 6.49. The molecule has 1 aromatic carbocycles. The Labute approximate surface area is 148 Å². The van der Waals surface area contributed by atoms with Gasteiger partial charge in [0, 0.05) is 31.7 Å². The van der Waals surface area contributed by atoms with Crippen LogP contribution in [-0.4, -0.2) is 48.3 Å². The molecule has 0 spiro atoms. The number of benzene rings is 1. The minimum Gasteiger partial charge on any atom is -0.366 e. The molecular weight excluding hydrogens is 321 g/mol. The van der Waals surface area contributed by atoms with Gasteiger partial charge >= 0.3 is 0 Å². The van der Waals surface area contributed by atoms with Gasteiger partial charge in [-0.2, -0.15) is 0 Å². The summed E-state index contributed by atoms with van der Waals surface area (Å²) in [7, 11) is 0. The first-order valence-corrected chi connectivity index (χ1v) is 9.04. The van der Waals surface area contributed by atoms with Crippen LogP contribution in [0.15, 0.2) is 18.2 Å². The molecule has 2 fully saturated rings. The number of ketones is 1. The highest BCUT2D eigenvalue weighted by Gasteiger charge is 2.39. The number of halogens is 1. The van der Waals surface area contributed by atoms with E-state index < -0.39 is 11.4 Å². The molecule has 1 saturated heterocycles. The van der Waals surface area contributed by atoms with Gasteiger partial charge < -0.3 is 15.5 Å². The molecule has 0 bridgehead atoms. The maximum Gasteiger partial charge on any atom is 0.242 e. The van der Waals surface area contributed by atoms with E-state index in [1.807, 2.05) is 9.80 Å². The Morgan fingerprint density at radius 1 is 1.08 bits per heavy atom. The first-order valence-electron chi connectivity index (χ1n) is 9.04. The number of nitrogens with two attached hydrogens (primary N) is 1. The Hall–Kier alpha value is -1.95. The van der Waals surface area contributed by atoms with Gasteiger partial charge in [-0.05, 0) is 38.0 Å². The number of rotatable bonds is 3. The van der Waals surface area contributed by atoms with Gasteiger partial charge in [0.2, 0.25) is 5.91 Å². The minimum absolute atomic E-state index is 0.0410. The van der Waals surface area contributed by atoms with Gasteiger partial charge in [-0.15, -0.1) is 0 Å². The van der Waals surface area contributed by atoms with Crippen molar-refractivity contribution in [1.82, 2.24) is 4.90 Å². The summed E-state index contributed by atoms with van der Waals surface area (Å²) in [6.07, 6.45) is 4.68. The van der Waals surface area contributed by atoms with Crippen molar-refractivity contribution in [3.63, 3.8) is 0 Å². The van der Waals surface area contributed by atoms with E-state index in [4.69, 9.17) is 5.73 Å². The molecule has 5 nitrogen and oxygen atoms in total. The number of hydrogen-bond acceptors (Lipinski definition) is 4. The van der Waals surface area contributed by atoms with E-state index in [-0.39, 0.29) is 11.7 Å². The largest absolute Gasteiger partial charge is 0.366 e. The minimum atomic E-state index is -0.713. The molecule has 1 aliphatic carbocycles. The Morgan fingerprint density at radius 3 is 2.28 bits per heavy atom. The van der Waals surface area contributed by atoms with E-state index in [0.29, 0.717) is 37.4 Å². The van der Waals surface area contributed by atoms with Crippen molar-refractivity contribution in [3.8, 4) is 0 Å². The SMILES string of the molecule is CC(=O)c1ccc(N2CCN(C(=O)C3(N)CCCCC3)CC2)c(F)c1. The highest BCUT2D eigenvalue weighted by molar-refractivity contribution is 5.94. The van der Waals surface area contributed by atoms with E-state index in [2.05, 4.69) is 0 Å². The van der Waals surface area contributed by atoms with E-state index in [1.165, 1.54) is 13.0 Å². The molecule has 2 aliphatic rings. The van der Waals surface area contributed by atoms with Gasteiger partial charge in [0.05, 0.1) is 11.2 Å². The van der Waals surface area contributed by atoms with E-state index in [1.54, 1.807) is 12.1 Å². The highest BCUT2D eigenvalue weighted by atomic mass is 19.1. The van der Waals surface area contributed by atoms with Crippen molar-refractivity contribution in [1.29, 1.82) is 0 Å². The van der Waals surface area contributed by atoms with Gasteiger partial charge in [-0.1, -0.05) is 19.3 Å². The number of piperazine rings is 1. The predicted octanol–water partition coefficient (Wildman–Crippen LogP) is 2.34. The molecule has 2 N–H and O–H groups in total. The van der Waals surface area contributed by atoms with Crippen LogP contribution < -0.4 is 10.6 Å². The van der Waals surface area contributed by atoms with Crippen molar-refractivity contribution in [2.24, 2.45) is 5.73 Å². The number of carbonyl (C=O) groups excluding carboxylic acids is 2. The average Bonchev–Trinajstić information content (AvgIpc) is 2.62. The van der Waals surface area contributed by atoms with Crippen molar-refractivity contribution < 1.29 is 14.0 Å². The number of carbonyl (C=O) groups is 2. The summed E-state index contributed by atoms with van der Waals surface area (Å²) < 4.78 is 14.3. The monoisotopic (exact) mass is 347 g/mol. The molecule has 0 aromatic heterocycles. The summed E-state index contributed by atoms with van der Waals surface area (Å²) in [4.78, 5) is 27.9. The lowest BCUT2D eigenvalue weighted by molar-refractivity contribution is -0.138. The second kappa shape index (κ2) is 7.12. The van der Waals surface area contributed by atoms with Gasteiger partial charge in [0.15, 0.2) is 5.78 Å². The third-order valence-corrected chi connectivity index (χ3v) is 5.43. The second-order valence-electron chi connectivity index (χ2n) is 7.22. The summed E-state index contributed by atoms with van der Waals surface area (Å²) in [5.74, 6) is -0.504. The summed E-state index contributed by atoms with van der Waals surface area (Å²) >= 11 is 0. The van der Waals surface area contributed by atoms with Gasteiger partial charge in [0.1, 0.15) is 5.82 Å². The van der Waals surface area contributed by atoms with E-state index >= 15 is 0 Å². The van der Waals surface area contributed by atoms with Crippen LogP contribution in [0, 0.1) is 5.82 Å². The van der Waals surface area contributed by atoms with Gasteiger partial charge in [-0.3, -0.25) is 9.59 Å². The maximum atomic E-state index is 14.3. The fraction of sp³-hybridized carbons (Fsp3) is 0.579. The van der Waals surface area contributed by atoms with Crippen LogP contribution in [0.1, 0.15) is 49.4 Å². The van der Waals surface area contributed by atoms with Crippen LogP contribution in [0.25, 0.3) is 0 Å². The highest BCUT2D eigenvalue weighted by Crippen LogP contribution is 2.29. The molecule has 1 amide bonds. The zero-order valence-electron chi connectivity index (χ0n) is 14.8. The van der Waals surface area contributed by atoms with Crippen LogP contribution in [0.3, 0.4) is 0 Å². The fourth-order valence-corrected chi connectivity index (χ4v) is 3.84. The van der Waals surface area contributed by atoms with Crippen molar-refractivity contribution in [2.75, 3.05) is 31.1 Å². The summed E-state index contributed by atoms with van der Waals surface area (Å²) in [5, 5.41) is 0. The quantitative estimate of drug-likeness (QED) is 0.853. The number of amides is 1. The molecule has 1 aromatic rings. The summed E-state index contributed by atoms with van der Waals surface area (Å²) in [6.45, 7) is 3.65. The number of anilines is 1. The van der Waals surface area contributed by atoms with Crippen LogP contribution in [0.2, 0.25) is 0 Å². The van der Waals surface area contributed by atoms with Crippen LogP contribution in [0.4, 0.5) is 10.1 Å². The average molecular weight is 347 g/mol. The van der Waals surface area contributed by atoms with Gasteiger partial charge in [0.25, 0.3) is 0 Å². The number of Topliss-reactive ketones (excluding diaryl/α,β-unsaturated/α-hetero) is 1. The molecule has 1 heterocycles. The molecule has 6 heteroatoms. The van der Waals surface area contributed by atoms with Crippen molar-refractivity contribution >= 4 is 17.4 Å². The molecule has 3 rings (SSSR count). The fourth-order valence-electron chi connectivity index (χ4n) is 3.84. The lowest BCUT2D eigenvalue weighted by Gasteiger charge is -2.41. The molecule has 1 aliphatic heterocycles. The maximum absolute atomic E-state index is 14.3. The number of hydrogen-bond donors (Lipinski definition) is 1. The zero-order valence-corrected chi connectivity index (χ0v) is 14.8. The van der Waals surface area contributed by atoms with Crippen LogP contribution in [-0.2, 0) is 4.79 Å². The van der Waals surface area contributed by atoms with Crippen molar-refractivity contribution in [2.45, 2.75) is 44.6 Å². The van der Waals surface area contributed by atoms with Crippen LogP contribution >= 0.6 is 0 Å². The lowest BCUT2D eigenvalue weighted by Crippen LogP contribution is -2.60. The lowest BCUT2D eigenvalue weighted by atomic mass is 9.81. The Morgan fingerprint density at radius 2 is 1.72 bits per heavy atom. The van der Waals surface area contributed by atoms with Crippen LogP contribution in [0.5, 0.6) is 0 Å². The molecular formula is C19H26FN3O2. The first-order chi connectivity index (χ1) is 11.9. The Bertz CT molecular complexity index is 663. The van der Waals surface area contributed by atoms with E-state index in [9.17, 15) is 14.0 Å². The number of nitrogens with zero attached hydrogens (tertiary/aromatic N) is 2. The molecule has 1 saturated carbocycles. The normalized spacial score (nSPS) is 20.4. The zero-order chi connectivity index (χ0) is 18.0.